The van der Waals surface area contributed by atoms with Gasteiger partial charge in [-0.25, -0.2) is 0 Å². The van der Waals surface area contributed by atoms with E-state index < -0.39 is 0 Å². The zero-order valence-corrected chi connectivity index (χ0v) is 14.4. The molecule has 0 bridgehead atoms. The molecule has 0 spiro atoms. The van der Waals surface area contributed by atoms with Gasteiger partial charge in [-0.15, -0.1) is 0 Å². The van der Waals surface area contributed by atoms with Crippen LogP contribution in [0.4, 0.5) is 11.4 Å². The smallest absolute Gasteiger partial charge is 0.0364 e. The van der Waals surface area contributed by atoms with Crippen LogP contribution in [0.2, 0.25) is 0 Å². The molecule has 0 aromatic heterocycles. The van der Waals surface area contributed by atoms with E-state index >= 15 is 0 Å². The second kappa shape index (κ2) is 5.96. The lowest BCUT2D eigenvalue weighted by molar-refractivity contribution is 1.11. The maximum Gasteiger partial charge on any atom is 0.0364 e. The minimum Gasteiger partial charge on any atom is -0.378 e. The highest BCUT2D eigenvalue weighted by Gasteiger charge is 2.16. The van der Waals surface area contributed by atoms with Crippen molar-refractivity contribution < 1.29 is 0 Å². The fourth-order valence-electron chi connectivity index (χ4n) is 3.02. The standard InChI is InChI=1S/C21H24N2/c1-15-12-17(16-6-8-19(9-7-16)22(2)3)13-18-14-20(23(4)5)10-11-21(15)18/h6-12,14H,1,13H2,2-5H3. The van der Waals surface area contributed by atoms with Crippen LogP contribution in [0.3, 0.4) is 0 Å². The molecular formula is C21H24N2. The second-order valence-corrected chi connectivity index (χ2v) is 6.55. The number of hydrogen-bond acceptors (Lipinski definition) is 2. The van der Waals surface area contributed by atoms with E-state index in [9.17, 15) is 0 Å². The molecule has 0 radical (unpaired) electrons. The van der Waals surface area contributed by atoms with E-state index in [4.69, 9.17) is 0 Å². The van der Waals surface area contributed by atoms with Gasteiger partial charge in [-0.2, -0.15) is 0 Å². The van der Waals surface area contributed by atoms with E-state index in [1.54, 1.807) is 0 Å². The Kier molecular flexibility index (Phi) is 3.99. The lowest BCUT2D eigenvalue weighted by atomic mass is 9.85. The Bertz CT molecular complexity index is 765. The Morgan fingerprint density at radius 3 is 2.04 bits per heavy atom. The normalized spacial score (nSPS) is 13.4. The maximum atomic E-state index is 4.25. The van der Waals surface area contributed by atoms with Crippen molar-refractivity contribution in [1.29, 1.82) is 0 Å². The Morgan fingerprint density at radius 2 is 1.43 bits per heavy atom. The summed E-state index contributed by atoms with van der Waals surface area (Å²) in [7, 11) is 8.29. The number of rotatable bonds is 3. The van der Waals surface area contributed by atoms with Crippen LogP contribution in [0, 0.1) is 0 Å². The van der Waals surface area contributed by atoms with Crippen LogP contribution in [-0.4, -0.2) is 28.2 Å². The van der Waals surface area contributed by atoms with Gasteiger partial charge in [-0.1, -0.05) is 30.9 Å². The highest BCUT2D eigenvalue weighted by Crippen LogP contribution is 2.35. The van der Waals surface area contributed by atoms with Gasteiger partial charge in [0.15, 0.2) is 0 Å². The summed E-state index contributed by atoms with van der Waals surface area (Å²) < 4.78 is 0. The third-order valence-corrected chi connectivity index (χ3v) is 4.44. The van der Waals surface area contributed by atoms with Crippen LogP contribution >= 0.6 is 0 Å². The minimum absolute atomic E-state index is 0.956. The first kappa shape index (κ1) is 15.4. The van der Waals surface area contributed by atoms with E-state index in [1.165, 1.54) is 33.6 Å². The van der Waals surface area contributed by atoms with Crippen LogP contribution < -0.4 is 9.80 Å². The average molecular weight is 304 g/mol. The molecular weight excluding hydrogens is 280 g/mol. The summed E-state index contributed by atoms with van der Waals surface area (Å²) in [6.45, 7) is 4.25. The number of fused-ring (bicyclic) bond motifs is 1. The largest absolute Gasteiger partial charge is 0.378 e. The molecule has 0 fully saturated rings. The molecule has 23 heavy (non-hydrogen) atoms. The van der Waals surface area contributed by atoms with Crippen molar-refractivity contribution >= 4 is 22.5 Å². The number of hydrogen-bond donors (Lipinski definition) is 0. The monoisotopic (exact) mass is 304 g/mol. The molecule has 0 aliphatic heterocycles. The number of nitrogens with zero attached hydrogens (tertiary/aromatic N) is 2. The van der Waals surface area contributed by atoms with Gasteiger partial charge in [0.05, 0.1) is 0 Å². The zero-order valence-electron chi connectivity index (χ0n) is 14.4. The van der Waals surface area contributed by atoms with E-state index in [-0.39, 0.29) is 0 Å². The predicted molar refractivity (Wildman–Crippen MR) is 102 cm³/mol. The van der Waals surface area contributed by atoms with E-state index in [1.807, 2.05) is 0 Å². The minimum atomic E-state index is 0.956. The molecule has 2 aromatic rings. The topological polar surface area (TPSA) is 6.48 Å². The molecule has 1 aliphatic carbocycles. The Labute approximate surface area is 139 Å². The van der Waals surface area contributed by atoms with Gasteiger partial charge in [0.2, 0.25) is 0 Å². The maximum absolute atomic E-state index is 4.25. The third-order valence-electron chi connectivity index (χ3n) is 4.44. The molecule has 0 N–H and O–H groups in total. The van der Waals surface area contributed by atoms with Gasteiger partial charge >= 0.3 is 0 Å². The summed E-state index contributed by atoms with van der Waals surface area (Å²) in [6, 6.07) is 15.4. The van der Waals surface area contributed by atoms with Crippen molar-refractivity contribution in [2.45, 2.75) is 6.42 Å². The average Bonchev–Trinajstić information content (AvgIpc) is 2.54. The van der Waals surface area contributed by atoms with Gasteiger partial charge in [-0.05, 0) is 58.5 Å². The molecule has 0 heterocycles. The predicted octanol–water partition coefficient (Wildman–Crippen LogP) is 4.47. The summed E-state index contributed by atoms with van der Waals surface area (Å²) in [6.07, 6.45) is 3.18. The summed E-state index contributed by atoms with van der Waals surface area (Å²) in [5.41, 5.74) is 8.80. The summed E-state index contributed by atoms with van der Waals surface area (Å²) >= 11 is 0. The molecule has 2 aromatic carbocycles. The van der Waals surface area contributed by atoms with E-state index in [2.05, 4.69) is 93.1 Å². The molecule has 3 rings (SSSR count). The van der Waals surface area contributed by atoms with Gasteiger partial charge in [0.25, 0.3) is 0 Å². The fraction of sp³-hybridized carbons (Fsp3) is 0.238. The number of benzene rings is 2. The van der Waals surface area contributed by atoms with Crippen LogP contribution in [0.25, 0.3) is 11.1 Å². The van der Waals surface area contributed by atoms with Crippen LogP contribution in [0.5, 0.6) is 0 Å². The van der Waals surface area contributed by atoms with Crippen molar-refractivity contribution in [3.05, 3.63) is 71.8 Å². The van der Waals surface area contributed by atoms with Crippen LogP contribution in [-0.2, 0) is 6.42 Å². The number of allylic oxidation sites excluding steroid dienone is 3. The second-order valence-electron chi connectivity index (χ2n) is 6.55. The highest BCUT2D eigenvalue weighted by atomic mass is 15.1. The Balaban J connectivity index is 1.94. The lowest BCUT2D eigenvalue weighted by Gasteiger charge is -2.22. The van der Waals surface area contributed by atoms with Crippen LogP contribution in [0.15, 0.2) is 55.1 Å². The van der Waals surface area contributed by atoms with Gasteiger partial charge in [0.1, 0.15) is 0 Å². The first-order valence-corrected chi connectivity index (χ1v) is 7.93. The fourth-order valence-corrected chi connectivity index (χ4v) is 3.02. The Hall–Kier alpha value is -2.48. The van der Waals surface area contributed by atoms with Crippen molar-refractivity contribution in [2.24, 2.45) is 0 Å². The lowest BCUT2D eigenvalue weighted by Crippen LogP contribution is -2.10. The molecule has 0 saturated carbocycles. The van der Waals surface area contributed by atoms with Crippen molar-refractivity contribution in [2.75, 3.05) is 38.0 Å². The molecule has 2 heteroatoms. The van der Waals surface area contributed by atoms with Crippen molar-refractivity contribution in [3.63, 3.8) is 0 Å². The van der Waals surface area contributed by atoms with E-state index in [0.29, 0.717) is 0 Å². The summed E-state index contributed by atoms with van der Waals surface area (Å²) in [5.74, 6) is 0. The molecule has 118 valence electrons. The summed E-state index contributed by atoms with van der Waals surface area (Å²) in [5, 5.41) is 0. The first-order valence-electron chi connectivity index (χ1n) is 7.93. The SMILES string of the molecule is C=C1C=C(c2ccc(N(C)C)cc2)Cc2cc(N(C)C)ccc21. The quantitative estimate of drug-likeness (QED) is 0.825. The van der Waals surface area contributed by atoms with E-state index in [0.717, 1.165) is 12.0 Å². The molecule has 0 atom stereocenters. The van der Waals surface area contributed by atoms with Crippen molar-refractivity contribution in [3.8, 4) is 0 Å². The van der Waals surface area contributed by atoms with Crippen molar-refractivity contribution in [1.82, 2.24) is 0 Å². The summed E-state index contributed by atoms with van der Waals surface area (Å²) in [4.78, 5) is 4.27. The first-order chi connectivity index (χ1) is 11.0. The number of anilines is 2. The highest BCUT2D eigenvalue weighted by molar-refractivity contribution is 5.89. The van der Waals surface area contributed by atoms with Crippen LogP contribution in [0.1, 0.15) is 16.7 Å². The van der Waals surface area contributed by atoms with Gasteiger partial charge < -0.3 is 9.80 Å². The third kappa shape index (κ3) is 3.02. The molecule has 0 amide bonds. The van der Waals surface area contributed by atoms with Gasteiger partial charge in [0, 0.05) is 39.6 Å². The molecule has 0 unspecified atom stereocenters. The van der Waals surface area contributed by atoms with Gasteiger partial charge in [-0.3, -0.25) is 0 Å². The Morgan fingerprint density at radius 1 is 0.826 bits per heavy atom. The molecule has 0 saturated heterocycles. The zero-order chi connectivity index (χ0) is 16.6. The molecule has 2 nitrogen and oxygen atoms in total. The molecule has 1 aliphatic rings.